The quantitative estimate of drug-likeness (QED) is 0.821. The van der Waals surface area contributed by atoms with Crippen molar-refractivity contribution in [3.05, 3.63) is 59.9 Å². The summed E-state index contributed by atoms with van der Waals surface area (Å²) in [6.07, 6.45) is 1.80. The SMILES string of the molecule is CN1CCC(NC(=O)c2ccc(S(=O)(=O)Nc3ccc(F)cc3)cc2)CC1. The fourth-order valence-electron chi connectivity index (χ4n) is 2.94. The van der Waals surface area contributed by atoms with Gasteiger partial charge in [-0.1, -0.05) is 0 Å². The first kappa shape index (κ1) is 19.3. The van der Waals surface area contributed by atoms with Gasteiger partial charge in [0.25, 0.3) is 15.9 Å². The van der Waals surface area contributed by atoms with E-state index in [9.17, 15) is 17.6 Å². The maximum Gasteiger partial charge on any atom is 0.261 e. The summed E-state index contributed by atoms with van der Waals surface area (Å²) in [5.74, 6) is -0.655. The fourth-order valence-corrected chi connectivity index (χ4v) is 4.00. The van der Waals surface area contributed by atoms with E-state index >= 15 is 0 Å². The molecular weight excluding hydrogens is 369 g/mol. The molecule has 0 aliphatic carbocycles. The van der Waals surface area contributed by atoms with E-state index in [0.29, 0.717) is 5.56 Å². The lowest BCUT2D eigenvalue weighted by Gasteiger charge is -2.29. The minimum Gasteiger partial charge on any atom is -0.349 e. The van der Waals surface area contributed by atoms with Crippen LogP contribution < -0.4 is 10.0 Å². The fraction of sp³-hybridized carbons (Fsp3) is 0.316. The van der Waals surface area contributed by atoms with Gasteiger partial charge in [0.1, 0.15) is 5.82 Å². The van der Waals surface area contributed by atoms with E-state index in [4.69, 9.17) is 0 Å². The molecule has 0 atom stereocenters. The number of nitrogens with zero attached hydrogens (tertiary/aromatic N) is 1. The number of nitrogens with one attached hydrogen (secondary N) is 2. The standard InChI is InChI=1S/C19H22FN3O3S/c1-23-12-10-16(11-13-23)21-19(24)14-2-8-18(9-3-14)27(25,26)22-17-6-4-15(20)5-7-17/h2-9,16,22H,10-13H2,1H3,(H,21,24). The molecule has 0 aromatic heterocycles. The molecule has 144 valence electrons. The minimum absolute atomic E-state index is 0.0302. The summed E-state index contributed by atoms with van der Waals surface area (Å²) in [7, 11) is -1.76. The zero-order valence-corrected chi connectivity index (χ0v) is 15.8. The zero-order chi connectivity index (χ0) is 19.4. The van der Waals surface area contributed by atoms with Gasteiger partial charge in [-0.25, -0.2) is 12.8 Å². The number of anilines is 1. The highest BCUT2D eigenvalue weighted by molar-refractivity contribution is 7.92. The molecule has 27 heavy (non-hydrogen) atoms. The molecule has 1 heterocycles. The molecular formula is C19H22FN3O3S. The lowest BCUT2D eigenvalue weighted by molar-refractivity contribution is 0.0916. The summed E-state index contributed by atoms with van der Waals surface area (Å²) in [5, 5.41) is 2.99. The van der Waals surface area contributed by atoms with Crippen LogP contribution in [0.25, 0.3) is 0 Å². The maximum absolute atomic E-state index is 12.9. The molecule has 1 aliphatic rings. The third kappa shape index (κ3) is 5.05. The first-order valence-electron chi connectivity index (χ1n) is 8.71. The van der Waals surface area contributed by atoms with Crippen LogP contribution in [0.1, 0.15) is 23.2 Å². The molecule has 0 unspecified atom stereocenters. The van der Waals surface area contributed by atoms with Gasteiger partial charge in [0.15, 0.2) is 0 Å². The Morgan fingerprint density at radius 2 is 1.63 bits per heavy atom. The maximum atomic E-state index is 12.9. The van der Waals surface area contributed by atoms with Gasteiger partial charge in [-0.05, 0) is 81.5 Å². The van der Waals surface area contributed by atoms with Crippen LogP contribution in [0.15, 0.2) is 53.4 Å². The molecule has 1 fully saturated rings. The number of amides is 1. The van der Waals surface area contributed by atoms with E-state index in [1.54, 1.807) is 0 Å². The number of rotatable bonds is 5. The lowest BCUT2D eigenvalue weighted by atomic mass is 10.0. The van der Waals surface area contributed by atoms with Gasteiger partial charge in [0, 0.05) is 17.3 Å². The Morgan fingerprint density at radius 3 is 2.22 bits per heavy atom. The molecule has 8 heteroatoms. The van der Waals surface area contributed by atoms with Gasteiger partial charge in [0.2, 0.25) is 0 Å². The van der Waals surface area contributed by atoms with E-state index in [2.05, 4.69) is 22.0 Å². The monoisotopic (exact) mass is 391 g/mol. The zero-order valence-electron chi connectivity index (χ0n) is 15.0. The van der Waals surface area contributed by atoms with Gasteiger partial charge in [-0.3, -0.25) is 9.52 Å². The van der Waals surface area contributed by atoms with Crippen molar-refractivity contribution < 1.29 is 17.6 Å². The Labute approximate surface area is 158 Å². The molecule has 1 amide bonds. The van der Waals surface area contributed by atoms with Crippen molar-refractivity contribution in [1.29, 1.82) is 0 Å². The second-order valence-corrected chi connectivity index (χ2v) is 8.37. The summed E-state index contributed by atoms with van der Waals surface area (Å²) in [6, 6.07) is 10.9. The second-order valence-electron chi connectivity index (χ2n) is 6.69. The number of likely N-dealkylation sites (tertiary alicyclic amines) is 1. The molecule has 2 aromatic carbocycles. The van der Waals surface area contributed by atoms with Crippen LogP contribution in [0.3, 0.4) is 0 Å². The van der Waals surface area contributed by atoms with Gasteiger partial charge < -0.3 is 10.2 Å². The van der Waals surface area contributed by atoms with Crippen molar-refractivity contribution in [2.75, 3.05) is 24.9 Å². The predicted octanol–water partition coefficient (Wildman–Crippen LogP) is 2.45. The lowest BCUT2D eigenvalue weighted by Crippen LogP contribution is -2.43. The molecule has 2 N–H and O–H groups in total. The van der Waals surface area contributed by atoms with Crippen molar-refractivity contribution in [3.8, 4) is 0 Å². The second kappa shape index (κ2) is 8.06. The molecule has 1 saturated heterocycles. The molecule has 0 saturated carbocycles. The molecule has 3 rings (SSSR count). The average molecular weight is 391 g/mol. The van der Waals surface area contributed by atoms with E-state index in [-0.39, 0.29) is 22.5 Å². The van der Waals surface area contributed by atoms with E-state index in [1.807, 2.05) is 0 Å². The smallest absolute Gasteiger partial charge is 0.261 e. The van der Waals surface area contributed by atoms with Crippen LogP contribution in [-0.2, 0) is 10.0 Å². The minimum atomic E-state index is -3.81. The normalized spacial score (nSPS) is 16.1. The van der Waals surface area contributed by atoms with Crippen LogP contribution in [0.2, 0.25) is 0 Å². The molecule has 0 radical (unpaired) electrons. The van der Waals surface area contributed by atoms with Crippen LogP contribution >= 0.6 is 0 Å². The van der Waals surface area contributed by atoms with Crippen molar-refractivity contribution >= 4 is 21.6 Å². The predicted molar refractivity (Wildman–Crippen MR) is 102 cm³/mol. The number of carbonyl (C=O) groups excluding carboxylic acids is 1. The van der Waals surface area contributed by atoms with Crippen molar-refractivity contribution in [2.24, 2.45) is 0 Å². The summed E-state index contributed by atoms with van der Waals surface area (Å²) in [6.45, 7) is 1.88. The van der Waals surface area contributed by atoms with Gasteiger partial charge >= 0.3 is 0 Å². The van der Waals surface area contributed by atoms with E-state index in [1.165, 1.54) is 48.5 Å². The summed E-state index contributed by atoms with van der Waals surface area (Å²) in [4.78, 5) is 14.6. The van der Waals surface area contributed by atoms with Gasteiger partial charge in [0.05, 0.1) is 4.90 Å². The largest absolute Gasteiger partial charge is 0.349 e. The third-order valence-electron chi connectivity index (χ3n) is 4.58. The van der Waals surface area contributed by atoms with Crippen molar-refractivity contribution in [1.82, 2.24) is 10.2 Å². The number of piperidine rings is 1. The van der Waals surface area contributed by atoms with Gasteiger partial charge in [-0.2, -0.15) is 0 Å². The molecule has 1 aliphatic heterocycles. The summed E-state index contributed by atoms with van der Waals surface area (Å²) >= 11 is 0. The van der Waals surface area contributed by atoms with Crippen LogP contribution in [0.4, 0.5) is 10.1 Å². The molecule has 6 nitrogen and oxygen atoms in total. The van der Waals surface area contributed by atoms with Gasteiger partial charge in [-0.15, -0.1) is 0 Å². The highest BCUT2D eigenvalue weighted by atomic mass is 32.2. The third-order valence-corrected chi connectivity index (χ3v) is 5.97. The molecule has 0 spiro atoms. The summed E-state index contributed by atoms with van der Waals surface area (Å²) < 4.78 is 40.1. The Bertz CT molecular complexity index is 891. The van der Waals surface area contributed by atoms with Crippen molar-refractivity contribution in [3.63, 3.8) is 0 Å². The van der Waals surface area contributed by atoms with Crippen LogP contribution in [0, 0.1) is 5.82 Å². The Hall–Kier alpha value is -2.45. The van der Waals surface area contributed by atoms with E-state index in [0.717, 1.165) is 25.9 Å². The van der Waals surface area contributed by atoms with Crippen molar-refractivity contribution in [2.45, 2.75) is 23.8 Å². The molecule has 0 bridgehead atoms. The first-order chi connectivity index (χ1) is 12.8. The van der Waals surface area contributed by atoms with Crippen LogP contribution in [-0.4, -0.2) is 45.4 Å². The summed E-state index contributed by atoms with van der Waals surface area (Å²) in [5.41, 5.74) is 0.676. The Kier molecular flexibility index (Phi) is 5.76. The highest BCUT2D eigenvalue weighted by Crippen LogP contribution is 2.17. The number of hydrogen-bond acceptors (Lipinski definition) is 4. The number of benzene rings is 2. The Morgan fingerprint density at radius 1 is 1.04 bits per heavy atom. The number of hydrogen-bond donors (Lipinski definition) is 2. The number of carbonyl (C=O) groups is 1. The highest BCUT2D eigenvalue weighted by Gasteiger charge is 2.20. The Balaban J connectivity index is 1.65. The first-order valence-corrected chi connectivity index (χ1v) is 10.2. The molecule has 2 aromatic rings. The van der Waals surface area contributed by atoms with E-state index < -0.39 is 15.8 Å². The average Bonchev–Trinajstić information content (AvgIpc) is 2.65. The number of sulfonamides is 1. The topological polar surface area (TPSA) is 78.5 Å². The number of halogens is 1. The van der Waals surface area contributed by atoms with Crippen LogP contribution in [0.5, 0.6) is 0 Å².